The van der Waals surface area contributed by atoms with Crippen molar-refractivity contribution in [1.29, 1.82) is 0 Å². The van der Waals surface area contributed by atoms with Gasteiger partial charge in [0.05, 0.1) is 16.9 Å². The fourth-order valence-corrected chi connectivity index (χ4v) is 3.54. The van der Waals surface area contributed by atoms with Crippen LogP contribution in [0.25, 0.3) is 5.69 Å². The maximum absolute atomic E-state index is 12.9. The van der Waals surface area contributed by atoms with E-state index in [1.807, 2.05) is 30.3 Å². The lowest BCUT2D eigenvalue weighted by molar-refractivity contribution is -0.141. The van der Waals surface area contributed by atoms with E-state index < -0.39 is 11.9 Å². The standard InChI is InChI=1S/C22H21F3N4/c1-14-12-19(22(23,24)25)27-29(14)17-10-8-15(9-11-17)20-18-7-5-4-6-16(18)13-21(2,3)28-26-20/h4-12,28H,13H2,1-3H3. The van der Waals surface area contributed by atoms with Gasteiger partial charge in [0.15, 0.2) is 5.69 Å². The molecule has 0 bridgehead atoms. The van der Waals surface area contributed by atoms with E-state index in [0.717, 1.165) is 29.3 Å². The summed E-state index contributed by atoms with van der Waals surface area (Å²) in [6, 6.07) is 16.4. The zero-order chi connectivity index (χ0) is 20.8. The first-order chi connectivity index (χ1) is 13.6. The molecule has 0 atom stereocenters. The number of nitrogens with one attached hydrogen (secondary N) is 1. The number of aromatic nitrogens is 2. The summed E-state index contributed by atoms with van der Waals surface area (Å²) in [5.74, 6) is 0. The van der Waals surface area contributed by atoms with E-state index in [9.17, 15) is 13.2 Å². The normalized spacial score (nSPS) is 15.9. The summed E-state index contributed by atoms with van der Waals surface area (Å²) in [5, 5.41) is 8.35. The average Bonchev–Trinajstić information content (AvgIpc) is 2.99. The lowest BCUT2D eigenvalue weighted by Gasteiger charge is -2.22. The number of hydrogen-bond acceptors (Lipinski definition) is 3. The van der Waals surface area contributed by atoms with Crippen LogP contribution in [0, 0.1) is 6.92 Å². The van der Waals surface area contributed by atoms with Crippen LogP contribution in [-0.2, 0) is 12.6 Å². The van der Waals surface area contributed by atoms with Crippen molar-refractivity contribution in [2.45, 2.75) is 38.9 Å². The van der Waals surface area contributed by atoms with Gasteiger partial charge < -0.3 is 5.43 Å². The van der Waals surface area contributed by atoms with Crippen LogP contribution in [0.5, 0.6) is 0 Å². The third-order valence-corrected chi connectivity index (χ3v) is 4.94. The van der Waals surface area contributed by atoms with Crippen LogP contribution in [0.1, 0.15) is 41.9 Å². The van der Waals surface area contributed by atoms with E-state index in [-0.39, 0.29) is 5.54 Å². The van der Waals surface area contributed by atoms with Crippen molar-refractivity contribution in [1.82, 2.24) is 15.2 Å². The summed E-state index contributed by atoms with van der Waals surface area (Å²) in [6.07, 6.45) is -3.63. The molecule has 150 valence electrons. The summed E-state index contributed by atoms with van der Waals surface area (Å²) in [4.78, 5) is 0. The molecule has 1 aromatic heterocycles. The van der Waals surface area contributed by atoms with Crippen molar-refractivity contribution in [2.75, 3.05) is 0 Å². The highest BCUT2D eigenvalue weighted by Crippen LogP contribution is 2.29. The molecule has 0 aliphatic carbocycles. The molecular formula is C22H21F3N4. The fourth-order valence-electron chi connectivity index (χ4n) is 3.54. The van der Waals surface area contributed by atoms with Crippen LogP contribution in [-0.4, -0.2) is 21.0 Å². The minimum absolute atomic E-state index is 0.183. The molecule has 0 saturated heterocycles. The summed E-state index contributed by atoms with van der Waals surface area (Å²) in [6.45, 7) is 5.80. The molecule has 1 N–H and O–H groups in total. The molecule has 0 radical (unpaired) electrons. The van der Waals surface area contributed by atoms with E-state index in [4.69, 9.17) is 0 Å². The molecule has 29 heavy (non-hydrogen) atoms. The number of hydrazone groups is 1. The van der Waals surface area contributed by atoms with Gasteiger partial charge in [-0.1, -0.05) is 36.4 Å². The van der Waals surface area contributed by atoms with Gasteiger partial charge in [-0.2, -0.15) is 23.4 Å². The third-order valence-electron chi connectivity index (χ3n) is 4.94. The van der Waals surface area contributed by atoms with Crippen molar-refractivity contribution >= 4 is 5.71 Å². The Morgan fingerprint density at radius 2 is 1.72 bits per heavy atom. The van der Waals surface area contributed by atoms with Crippen LogP contribution in [0.2, 0.25) is 0 Å². The van der Waals surface area contributed by atoms with Crippen molar-refractivity contribution in [2.24, 2.45) is 5.10 Å². The fraction of sp³-hybridized carbons (Fsp3) is 0.273. The minimum atomic E-state index is -4.47. The van der Waals surface area contributed by atoms with Gasteiger partial charge >= 0.3 is 6.18 Å². The number of nitrogens with zero attached hydrogens (tertiary/aromatic N) is 3. The van der Waals surface area contributed by atoms with Gasteiger partial charge in [-0.05, 0) is 51.0 Å². The number of halogens is 3. The van der Waals surface area contributed by atoms with E-state index in [1.165, 1.54) is 10.2 Å². The molecule has 2 aromatic carbocycles. The van der Waals surface area contributed by atoms with Gasteiger partial charge in [-0.3, -0.25) is 0 Å². The van der Waals surface area contributed by atoms with E-state index in [2.05, 4.69) is 35.5 Å². The van der Waals surface area contributed by atoms with Crippen LogP contribution in [0.15, 0.2) is 59.7 Å². The Labute approximate surface area is 167 Å². The molecular weight excluding hydrogens is 377 g/mol. The Bertz CT molecular complexity index is 1080. The van der Waals surface area contributed by atoms with Crippen LogP contribution in [0.3, 0.4) is 0 Å². The molecule has 0 saturated carbocycles. The Balaban J connectivity index is 1.72. The zero-order valence-corrected chi connectivity index (χ0v) is 16.4. The summed E-state index contributed by atoms with van der Waals surface area (Å²) in [7, 11) is 0. The summed E-state index contributed by atoms with van der Waals surface area (Å²) in [5.41, 5.74) is 7.09. The van der Waals surface area contributed by atoms with Crippen molar-refractivity contribution < 1.29 is 13.2 Å². The van der Waals surface area contributed by atoms with Crippen LogP contribution in [0.4, 0.5) is 13.2 Å². The second-order valence-corrected chi connectivity index (χ2v) is 7.92. The number of alkyl halides is 3. The van der Waals surface area contributed by atoms with Gasteiger partial charge in [0, 0.05) is 16.8 Å². The van der Waals surface area contributed by atoms with Crippen molar-refractivity contribution in [3.8, 4) is 5.69 Å². The molecule has 0 fully saturated rings. The molecule has 1 aliphatic rings. The maximum atomic E-state index is 12.9. The monoisotopic (exact) mass is 398 g/mol. The Kier molecular flexibility index (Phi) is 4.48. The average molecular weight is 398 g/mol. The van der Waals surface area contributed by atoms with Gasteiger partial charge in [-0.25, -0.2) is 4.68 Å². The maximum Gasteiger partial charge on any atom is 0.435 e. The van der Waals surface area contributed by atoms with E-state index in [0.29, 0.717) is 11.4 Å². The summed E-state index contributed by atoms with van der Waals surface area (Å²) < 4.78 is 40.1. The highest BCUT2D eigenvalue weighted by molar-refractivity contribution is 6.13. The van der Waals surface area contributed by atoms with Gasteiger partial charge in [0.1, 0.15) is 0 Å². The first-order valence-electron chi connectivity index (χ1n) is 9.32. The third kappa shape index (κ3) is 3.77. The Morgan fingerprint density at radius 1 is 1.03 bits per heavy atom. The van der Waals surface area contributed by atoms with E-state index in [1.54, 1.807) is 19.1 Å². The topological polar surface area (TPSA) is 42.2 Å². The Morgan fingerprint density at radius 3 is 2.38 bits per heavy atom. The lowest BCUT2D eigenvalue weighted by atomic mass is 9.90. The predicted octanol–water partition coefficient (Wildman–Crippen LogP) is 4.88. The lowest BCUT2D eigenvalue weighted by Crippen LogP contribution is -2.37. The number of aryl methyl sites for hydroxylation is 1. The number of benzene rings is 2. The zero-order valence-electron chi connectivity index (χ0n) is 16.4. The number of hydrogen-bond donors (Lipinski definition) is 1. The molecule has 0 spiro atoms. The highest BCUT2D eigenvalue weighted by atomic mass is 19.4. The largest absolute Gasteiger partial charge is 0.435 e. The molecule has 0 unspecified atom stereocenters. The number of fused-ring (bicyclic) bond motifs is 1. The second-order valence-electron chi connectivity index (χ2n) is 7.92. The Hall–Kier alpha value is -3.09. The second kappa shape index (κ2) is 6.76. The molecule has 7 heteroatoms. The van der Waals surface area contributed by atoms with Crippen molar-refractivity contribution in [3.05, 3.63) is 82.7 Å². The summed E-state index contributed by atoms with van der Waals surface area (Å²) >= 11 is 0. The van der Waals surface area contributed by atoms with Gasteiger partial charge in [-0.15, -0.1) is 0 Å². The minimum Gasteiger partial charge on any atom is -0.304 e. The first kappa shape index (κ1) is 19.2. The first-order valence-corrected chi connectivity index (χ1v) is 9.32. The predicted molar refractivity (Wildman–Crippen MR) is 106 cm³/mol. The molecule has 0 amide bonds. The van der Waals surface area contributed by atoms with Crippen molar-refractivity contribution in [3.63, 3.8) is 0 Å². The molecule has 4 rings (SSSR count). The molecule has 1 aliphatic heterocycles. The van der Waals surface area contributed by atoms with Gasteiger partial charge in [0.25, 0.3) is 0 Å². The van der Waals surface area contributed by atoms with E-state index >= 15 is 0 Å². The molecule has 3 aromatic rings. The smallest absolute Gasteiger partial charge is 0.304 e. The quantitative estimate of drug-likeness (QED) is 0.669. The van der Waals surface area contributed by atoms with Crippen LogP contribution < -0.4 is 5.43 Å². The highest BCUT2D eigenvalue weighted by Gasteiger charge is 2.34. The number of rotatable bonds is 2. The van der Waals surface area contributed by atoms with Gasteiger partial charge in [0.2, 0.25) is 0 Å². The molecule has 4 nitrogen and oxygen atoms in total. The van der Waals surface area contributed by atoms with Crippen LogP contribution >= 0.6 is 0 Å². The molecule has 2 heterocycles. The SMILES string of the molecule is Cc1cc(C(F)(F)F)nn1-c1ccc(C2=NNC(C)(C)Cc3ccccc32)cc1.